The molecule has 0 radical (unpaired) electrons. The molecule has 1 aliphatic heterocycles. The fourth-order valence-electron chi connectivity index (χ4n) is 1.63. The van der Waals surface area contributed by atoms with E-state index in [1.807, 2.05) is 12.1 Å². The molecule has 1 aliphatic rings. The first kappa shape index (κ1) is 13.6. The Balaban J connectivity index is 2.22. The summed E-state index contributed by atoms with van der Waals surface area (Å²) < 4.78 is 11.5. The van der Waals surface area contributed by atoms with Crippen LogP contribution in [0.2, 0.25) is 0 Å². The van der Waals surface area contributed by atoms with Crippen LogP contribution in [0.4, 0.5) is 0 Å². The van der Waals surface area contributed by atoms with Gasteiger partial charge >= 0.3 is 7.12 Å². The minimum absolute atomic E-state index is 0.0925. The second-order valence-corrected chi connectivity index (χ2v) is 5.51. The average molecular weight is 358 g/mol. The summed E-state index contributed by atoms with van der Waals surface area (Å²) in [6.07, 6.45) is 0. The topological polar surface area (TPSA) is 88.5 Å². The lowest BCUT2D eigenvalue weighted by molar-refractivity contribution is 0.263. The molecule has 1 atom stereocenters. The molecule has 1 aromatic carbocycles. The van der Waals surface area contributed by atoms with Crippen molar-refractivity contribution in [1.29, 1.82) is 5.26 Å². The van der Waals surface area contributed by atoms with Gasteiger partial charge in [0.15, 0.2) is 0 Å². The van der Waals surface area contributed by atoms with Gasteiger partial charge in [0.05, 0.1) is 16.2 Å². The van der Waals surface area contributed by atoms with Crippen molar-refractivity contribution in [3.05, 3.63) is 21.3 Å². The summed E-state index contributed by atoms with van der Waals surface area (Å²) in [6, 6.07) is 5.62. The zero-order valence-corrected chi connectivity index (χ0v) is 12.0. The average Bonchev–Trinajstić information content (AvgIpc) is 2.71. The van der Waals surface area contributed by atoms with Gasteiger partial charge in [0, 0.05) is 5.46 Å². The van der Waals surface area contributed by atoms with E-state index in [1.54, 1.807) is 13.0 Å². The molecule has 0 spiro atoms. The summed E-state index contributed by atoms with van der Waals surface area (Å²) in [7, 11) is -0.907. The molecular weight excluding hydrogens is 346 g/mol. The van der Waals surface area contributed by atoms with Gasteiger partial charge in [0.2, 0.25) is 0 Å². The number of ether oxygens (including phenoxy) is 1. The van der Waals surface area contributed by atoms with E-state index in [-0.39, 0.29) is 6.61 Å². The van der Waals surface area contributed by atoms with E-state index < -0.39 is 12.7 Å². The molecule has 0 amide bonds. The van der Waals surface area contributed by atoms with Crippen LogP contribution in [0.25, 0.3) is 0 Å². The Morgan fingerprint density at radius 2 is 2.44 bits per heavy atom. The minimum atomic E-state index is -1.03. The third-order valence-electron chi connectivity index (χ3n) is 2.66. The number of rotatable bonds is 3. The molecule has 7 heteroatoms. The van der Waals surface area contributed by atoms with Gasteiger partial charge in [-0.1, -0.05) is 6.07 Å². The van der Waals surface area contributed by atoms with E-state index in [0.29, 0.717) is 12.4 Å². The van der Waals surface area contributed by atoms with Crippen molar-refractivity contribution in [3.8, 4) is 11.8 Å². The van der Waals surface area contributed by atoms with E-state index in [9.17, 15) is 5.02 Å². The maximum Gasteiger partial charge on any atom is 0.492 e. The molecule has 3 N–H and O–H groups in total. The van der Waals surface area contributed by atoms with E-state index in [1.165, 1.54) is 0 Å². The summed E-state index contributed by atoms with van der Waals surface area (Å²) in [6.45, 7) is 2.10. The summed E-state index contributed by atoms with van der Waals surface area (Å²) >= 11 is 2.10. The van der Waals surface area contributed by atoms with Gasteiger partial charge in [-0.3, -0.25) is 0 Å². The van der Waals surface area contributed by atoms with Gasteiger partial charge in [0.25, 0.3) is 0 Å². The predicted octanol–water partition coefficient (Wildman–Crippen LogP) is 0.129. The van der Waals surface area contributed by atoms with Crippen LogP contribution in [0.1, 0.15) is 12.5 Å². The fourth-order valence-corrected chi connectivity index (χ4v) is 2.58. The first-order valence-electron chi connectivity index (χ1n) is 5.38. The summed E-state index contributed by atoms with van der Waals surface area (Å²) in [5.41, 5.74) is 6.35. The highest BCUT2D eigenvalue weighted by Gasteiger charge is 2.31. The molecule has 1 heterocycles. The van der Waals surface area contributed by atoms with Crippen LogP contribution in [0, 0.1) is 14.9 Å². The molecule has 1 unspecified atom stereocenters. The minimum Gasteiger partial charge on any atom is -0.489 e. The summed E-state index contributed by atoms with van der Waals surface area (Å²) in [5.74, 6) is 0.603. The molecule has 0 bridgehead atoms. The van der Waals surface area contributed by atoms with Crippen LogP contribution in [0.3, 0.4) is 0 Å². The Bertz CT molecular complexity index is 516. The summed E-state index contributed by atoms with van der Waals surface area (Å²) in [5, 5.41) is 18.5. The van der Waals surface area contributed by atoms with Crippen molar-refractivity contribution in [2.24, 2.45) is 5.73 Å². The van der Waals surface area contributed by atoms with Crippen LogP contribution in [0.5, 0.6) is 5.75 Å². The van der Waals surface area contributed by atoms with Crippen LogP contribution >= 0.6 is 22.6 Å². The second kappa shape index (κ2) is 5.05. The molecule has 18 heavy (non-hydrogen) atoms. The zero-order chi connectivity index (χ0) is 13.3. The smallest absolute Gasteiger partial charge is 0.489 e. The number of nitrogens with two attached hydrogens (primary N) is 1. The van der Waals surface area contributed by atoms with E-state index in [0.717, 1.165) is 14.6 Å². The van der Waals surface area contributed by atoms with E-state index >= 15 is 0 Å². The van der Waals surface area contributed by atoms with Gasteiger partial charge < -0.3 is 20.1 Å². The maximum absolute atomic E-state index is 9.70. The quantitative estimate of drug-likeness (QED) is 0.593. The fraction of sp³-hybridized carbons (Fsp3) is 0.364. The van der Waals surface area contributed by atoms with Gasteiger partial charge in [-0.2, -0.15) is 5.26 Å². The maximum atomic E-state index is 9.70. The third-order valence-corrected chi connectivity index (χ3v) is 3.77. The van der Waals surface area contributed by atoms with Gasteiger partial charge in [-0.15, -0.1) is 0 Å². The second-order valence-electron chi connectivity index (χ2n) is 4.43. The Hall–Kier alpha value is -0.815. The molecule has 0 aliphatic carbocycles. The molecule has 0 fully saturated rings. The number of benzene rings is 1. The highest BCUT2D eigenvalue weighted by molar-refractivity contribution is 14.1. The molecular formula is C11H12BIN2O3. The van der Waals surface area contributed by atoms with Crippen LogP contribution in [0.15, 0.2) is 12.1 Å². The van der Waals surface area contributed by atoms with Gasteiger partial charge in [-0.05, 0) is 41.1 Å². The standard InChI is InChI=1S/C11H12BIN2O3/c1-11(15,5-14)6-17-8-3-2-7-4-18-12(16)9(7)10(8)13/h2-3,16H,4,6,15H2,1H3. The summed E-state index contributed by atoms with van der Waals surface area (Å²) in [4.78, 5) is 0. The molecule has 0 saturated carbocycles. The van der Waals surface area contributed by atoms with Crippen molar-refractivity contribution in [2.45, 2.75) is 19.1 Å². The Morgan fingerprint density at radius 3 is 3.11 bits per heavy atom. The molecule has 0 aromatic heterocycles. The van der Waals surface area contributed by atoms with Crippen molar-refractivity contribution >= 4 is 35.2 Å². The molecule has 5 nitrogen and oxygen atoms in total. The Labute approximate surface area is 119 Å². The molecule has 2 rings (SSSR count). The normalized spacial score (nSPS) is 16.9. The van der Waals surface area contributed by atoms with Crippen LogP contribution in [-0.4, -0.2) is 24.3 Å². The number of hydrogen-bond acceptors (Lipinski definition) is 5. The monoisotopic (exact) mass is 358 g/mol. The largest absolute Gasteiger partial charge is 0.492 e. The number of hydrogen-bond donors (Lipinski definition) is 2. The third kappa shape index (κ3) is 2.61. The lowest BCUT2D eigenvalue weighted by Crippen LogP contribution is -2.41. The lowest BCUT2D eigenvalue weighted by Gasteiger charge is -2.18. The highest BCUT2D eigenvalue weighted by Crippen LogP contribution is 2.24. The number of nitriles is 1. The zero-order valence-electron chi connectivity index (χ0n) is 9.81. The van der Waals surface area contributed by atoms with Crippen LogP contribution in [-0.2, 0) is 11.3 Å². The van der Waals surface area contributed by atoms with Crippen LogP contribution < -0.4 is 15.9 Å². The lowest BCUT2D eigenvalue weighted by atomic mass is 9.79. The van der Waals surface area contributed by atoms with Crippen molar-refractivity contribution < 1.29 is 14.4 Å². The Morgan fingerprint density at radius 1 is 1.72 bits per heavy atom. The number of fused-ring (bicyclic) bond motifs is 1. The predicted molar refractivity (Wildman–Crippen MR) is 75.3 cm³/mol. The van der Waals surface area contributed by atoms with Crippen molar-refractivity contribution in [3.63, 3.8) is 0 Å². The van der Waals surface area contributed by atoms with E-state index in [2.05, 4.69) is 22.6 Å². The van der Waals surface area contributed by atoms with Crippen molar-refractivity contribution in [2.75, 3.05) is 6.61 Å². The molecule has 94 valence electrons. The SMILES string of the molecule is CC(N)(C#N)COc1ccc2c(c1I)B(O)OC2. The van der Waals surface area contributed by atoms with Gasteiger partial charge in [0.1, 0.15) is 17.9 Å². The Kier molecular flexibility index (Phi) is 3.82. The highest BCUT2D eigenvalue weighted by atomic mass is 127. The molecule has 1 aromatic rings. The number of halogens is 1. The first-order valence-corrected chi connectivity index (χ1v) is 6.46. The first-order chi connectivity index (χ1) is 8.44. The molecule has 0 saturated heterocycles. The van der Waals surface area contributed by atoms with E-state index in [4.69, 9.17) is 20.4 Å². The number of nitrogens with zero attached hydrogens (tertiary/aromatic N) is 1. The van der Waals surface area contributed by atoms with Gasteiger partial charge in [-0.25, -0.2) is 0 Å². The van der Waals surface area contributed by atoms with Crippen molar-refractivity contribution in [1.82, 2.24) is 0 Å².